The minimum absolute atomic E-state index is 0.127. The lowest BCUT2D eigenvalue weighted by Gasteiger charge is -2.49. The van der Waals surface area contributed by atoms with Gasteiger partial charge in [-0.3, -0.25) is 0 Å². The highest BCUT2D eigenvalue weighted by Gasteiger charge is 2.46. The van der Waals surface area contributed by atoms with Crippen LogP contribution in [0.1, 0.15) is 1.37 Å². The molecule has 0 aliphatic heterocycles. The standard InChI is InChI=1S/CH28P24/c2-15-25(24(13)14)18(23(11)12)1(16(19(3)4)20(5)6)17(21(7)8)22(9)10/h1,15H,2-14H2/i1D. The molecule has 0 N–H and O–H groups in total. The molecule has 0 saturated heterocycles. The molecular formula is CH28P24. The molecule has 24 heteroatoms. The lowest BCUT2D eigenvalue weighted by atomic mass is 11.9. The van der Waals surface area contributed by atoms with Gasteiger partial charge >= 0.3 is 0 Å². The first kappa shape index (κ1) is 33.3. The maximum absolute atomic E-state index is 10.3. The van der Waals surface area contributed by atoms with Gasteiger partial charge in [0.05, 0.1) is 0 Å². The lowest BCUT2D eigenvalue weighted by Crippen LogP contribution is -1.90. The summed E-state index contributed by atoms with van der Waals surface area (Å²) in [5.41, 5.74) is 0. The van der Waals surface area contributed by atoms with Crippen molar-refractivity contribution < 1.29 is 1.37 Å². The Bertz CT molecular complexity index is 348. The molecule has 16 unspecified atom stereocenters. The number of hydrogen-bond donors (Lipinski definition) is 0. The highest BCUT2D eigenvalue weighted by molar-refractivity contribution is 9.14. The Balaban J connectivity index is 6.77. The first-order valence-corrected chi connectivity index (χ1v) is 47.1. The maximum atomic E-state index is 10.3. The van der Waals surface area contributed by atoms with Gasteiger partial charge in [-0.05, 0) is 70.8 Å². The molecule has 0 aromatic carbocycles. The molecule has 0 aromatic heterocycles. The van der Waals surface area contributed by atoms with Crippen LogP contribution in [0.5, 0.6) is 0 Å². The second-order valence-electron chi connectivity index (χ2n) is 3.87. The summed E-state index contributed by atoms with van der Waals surface area (Å²) in [5, 5.41) is -0.243. The molecule has 0 bridgehead atoms. The third kappa shape index (κ3) is 13.1. The highest BCUT2D eigenvalue weighted by Crippen LogP contribution is 3.21. The van der Waals surface area contributed by atoms with Gasteiger partial charge in [-0.1, -0.05) is 7.96 Å². The summed E-state index contributed by atoms with van der Waals surface area (Å²) < 4.78 is 10.3. The average molecular weight is 785 g/mol. The first-order chi connectivity index (χ1) is 11.7. The number of rotatable bonds is 11. The third-order valence-electron chi connectivity index (χ3n) is 2.14. The molecule has 0 aromatic rings. The van der Waals surface area contributed by atoms with Gasteiger partial charge < -0.3 is 0 Å². The zero-order chi connectivity index (χ0) is 21.0. The second kappa shape index (κ2) is 19.4. The van der Waals surface area contributed by atoms with Gasteiger partial charge in [-0.25, -0.2) is 0 Å². The molecule has 0 fully saturated rings. The van der Waals surface area contributed by atoms with Crippen LogP contribution in [0.15, 0.2) is 0 Å². The maximum Gasteiger partial charge on any atom is 0.0473 e. The smallest absolute Gasteiger partial charge is 0.0473 e. The molecular weight excluding hydrogens is 755 g/mol. The zero-order valence-corrected chi connectivity index (χ0v) is 37.9. The van der Waals surface area contributed by atoms with Crippen LogP contribution < -0.4 is 0 Å². The van der Waals surface area contributed by atoms with E-state index in [1.165, 1.54) is 0 Å². The molecule has 0 saturated carbocycles. The molecule has 0 amide bonds. The van der Waals surface area contributed by atoms with Gasteiger partial charge in [-0.2, -0.15) is 0 Å². The summed E-state index contributed by atoms with van der Waals surface area (Å²) in [4.78, 5) is 0. The molecule has 0 nitrogen and oxygen atoms in total. The van der Waals surface area contributed by atoms with Crippen LogP contribution in [-0.2, 0) is 0 Å². The van der Waals surface area contributed by atoms with Crippen LogP contribution in [0, 0.1) is 0 Å². The minimum Gasteiger partial charge on any atom is -0.109 e. The van der Waals surface area contributed by atoms with E-state index in [2.05, 4.69) is 116 Å². The predicted octanol–water partition coefficient (Wildman–Crippen LogP) is 13.4. The van der Waals surface area contributed by atoms with Crippen molar-refractivity contribution in [1.82, 2.24) is 0 Å². The summed E-state index contributed by atoms with van der Waals surface area (Å²) in [6, 6.07) is 0. The van der Waals surface area contributed by atoms with Crippen molar-refractivity contribution in [2.75, 3.05) is 0 Å². The van der Waals surface area contributed by atoms with Crippen LogP contribution in [0.25, 0.3) is 0 Å². The minimum atomic E-state index is -0.386. The average Bonchev–Trinajstić information content (AvgIpc) is 2.41. The van der Waals surface area contributed by atoms with Gasteiger partial charge in [0.15, 0.2) is 0 Å². The van der Waals surface area contributed by atoms with Crippen molar-refractivity contribution in [2.45, 2.75) is 5.12 Å². The van der Waals surface area contributed by atoms with E-state index < -0.39 is 0 Å². The molecule has 0 heterocycles. The Morgan fingerprint density at radius 2 is 0.800 bits per heavy atom. The van der Waals surface area contributed by atoms with E-state index in [0.717, 1.165) is 7.96 Å². The molecule has 0 radical (unpaired) electrons. The van der Waals surface area contributed by atoms with Crippen LogP contribution in [0.4, 0.5) is 0 Å². The zero-order valence-electron chi connectivity index (χ0n) is 14.0. The van der Waals surface area contributed by atoms with Crippen LogP contribution in [0.2, 0.25) is 0 Å². The lowest BCUT2D eigenvalue weighted by molar-refractivity contribution is 2.05. The fourth-order valence-electron chi connectivity index (χ4n) is 1.40. The first-order valence-electron chi connectivity index (χ1n) is 6.18. The fraction of sp³-hybridized carbons (Fsp3) is 1.00. The van der Waals surface area contributed by atoms with Crippen LogP contribution in [0.3, 0.4) is 0 Å². The van der Waals surface area contributed by atoms with E-state index in [4.69, 9.17) is 0 Å². The predicted molar refractivity (Wildman–Crippen MR) is 208 cm³/mol. The molecule has 0 aliphatic carbocycles. The fourth-order valence-corrected chi connectivity index (χ4v) is 190. The van der Waals surface area contributed by atoms with Gasteiger partial charge in [0.2, 0.25) is 0 Å². The van der Waals surface area contributed by atoms with E-state index in [1.807, 2.05) is 0 Å². The third-order valence-corrected chi connectivity index (χ3v) is 108. The Labute approximate surface area is 199 Å². The van der Waals surface area contributed by atoms with E-state index in [9.17, 15) is 1.37 Å². The highest BCUT2D eigenvalue weighted by atomic mass is 33.1. The summed E-state index contributed by atoms with van der Waals surface area (Å²) in [5.74, 6) is 0. The molecule has 0 rings (SSSR count). The van der Waals surface area contributed by atoms with Crippen molar-refractivity contribution in [1.29, 1.82) is 0 Å². The monoisotopic (exact) mass is 785 g/mol. The van der Waals surface area contributed by atoms with E-state index in [0.29, 0.717) is 0 Å². The normalized spacial score (nSPS) is 17.6. The quantitative estimate of drug-likeness (QED) is 0.183. The van der Waals surface area contributed by atoms with Gasteiger partial charge in [0, 0.05) is 6.49 Å². The molecule has 16 atom stereocenters. The summed E-state index contributed by atoms with van der Waals surface area (Å²) >= 11 is 0. The van der Waals surface area contributed by atoms with E-state index in [1.54, 1.807) is 0 Å². The molecule has 25 heavy (non-hydrogen) atoms. The summed E-state index contributed by atoms with van der Waals surface area (Å²) in [7, 11) is 40.3. The van der Waals surface area contributed by atoms with Gasteiger partial charge in [-0.15, -0.1) is 116 Å². The van der Waals surface area contributed by atoms with Crippen molar-refractivity contribution in [3.05, 3.63) is 0 Å². The molecule has 0 aliphatic rings. The van der Waals surface area contributed by atoms with Crippen LogP contribution >= 0.6 is 195 Å². The summed E-state index contributed by atoms with van der Waals surface area (Å²) in [6.45, 7) is -1.64. The molecule has 152 valence electrons. The Kier molecular flexibility index (Phi) is 25.9. The van der Waals surface area contributed by atoms with Gasteiger partial charge in [0.25, 0.3) is 0 Å². The Morgan fingerprint density at radius 1 is 0.520 bits per heavy atom. The number of hydrogen-bond acceptors (Lipinski definition) is 0. The second-order valence-corrected chi connectivity index (χ2v) is 88.2. The van der Waals surface area contributed by atoms with Crippen molar-refractivity contribution in [3.8, 4) is 0 Å². The van der Waals surface area contributed by atoms with Crippen molar-refractivity contribution in [2.24, 2.45) is 0 Å². The SMILES string of the molecule is [2H]C(P(P(P)P)P(P)P)(P(P(P)P)P(P)P)P(P(P)P)P(PP)P(P)P. The Morgan fingerprint density at radius 3 is 0.960 bits per heavy atom. The van der Waals surface area contributed by atoms with E-state index in [-0.39, 0.29) is 75.9 Å². The summed E-state index contributed by atoms with van der Waals surface area (Å²) in [6.07, 6.45) is 0. The van der Waals surface area contributed by atoms with E-state index >= 15 is 0 Å². The topological polar surface area (TPSA) is 0 Å². The van der Waals surface area contributed by atoms with Gasteiger partial charge in [0.1, 0.15) is 0 Å². The van der Waals surface area contributed by atoms with Crippen molar-refractivity contribution >= 4 is 195 Å². The van der Waals surface area contributed by atoms with Crippen molar-refractivity contribution in [3.63, 3.8) is 0 Å². The molecule has 0 spiro atoms. The Hall–Kier alpha value is 10.3. The largest absolute Gasteiger partial charge is 0.109 e. The van der Waals surface area contributed by atoms with Crippen LogP contribution in [-0.4, -0.2) is 5.12 Å².